The van der Waals surface area contributed by atoms with Gasteiger partial charge in [-0.3, -0.25) is 10.1 Å². The van der Waals surface area contributed by atoms with E-state index in [0.29, 0.717) is 6.42 Å². The van der Waals surface area contributed by atoms with Crippen molar-refractivity contribution in [2.45, 2.75) is 31.6 Å². The standard InChI is InChI=1S/C11H21NO5/c1-6-7(5-13)3-8(17-2)10(11(6)16)12-4-9(14)15/h6-8,10-13,16H,3-5H2,1-2H3,(H,14,15)/t6-,7?,8-,10?,11+/m1/s1. The Morgan fingerprint density at radius 3 is 2.65 bits per heavy atom. The molecule has 100 valence electrons. The topological polar surface area (TPSA) is 99.0 Å². The van der Waals surface area contributed by atoms with Crippen molar-refractivity contribution in [2.75, 3.05) is 20.3 Å². The van der Waals surface area contributed by atoms with E-state index in [1.54, 1.807) is 0 Å². The van der Waals surface area contributed by atoms with Crippen molar-refractivity contribution in [3.05, 3.63) is 0 Å². The van der Waals surface area contributed by atoms with Gasteiger partial charge in [0, 0.05) is 13.7 Å². The van der Waals surface area contributed by atoms with Gasteiger partial charge >= 0.3 is 5.97 Å². The summed E-state index contributed by atoms with van der Waals surface area (Å²) in [5, 5.41) is 30.7. The van der Waals surface area contributed by atoms with Gasteiger partial charge in [0.2, 0.25) is 0 Å². The minimum atomic E-state index is -0.969. The molecule has 1 aliphatic carbocycles. The summed E-state index contributed by atoms with van der Waals surface area (Å²) in [6.07, 6.45) is -0.384. The maximum absolute atomic E-state index is 10.5. The van der Waals surface area contributed by atoms with Gasteiger partial charge in [-0.15, -0.1) is 0 Å². The van der Waals surface area contributed by atoms with Crippen molar-refractivity contribution in [1.29, 1.82) is 0 Å². The van der Waals surface area contributed by atoms with Crippen LogP contribution in [0.15, 0.2) is 0 Å². The largest absolute Gasteiger partial charge is 0.480 e. The zero-order valence-electron chi connectivity index (χ0n) is 10.2. The molecule has 1 aliphatic rings. The molecule has 0 heterocycles. The highest BCUT2D eigenvalue weighted by Gasteiger charge is 2.41. The van der Waals surface area contributed by atoms with Crippen LogP contribution in [0.25, 0.3) is 0 Å². The average molecular weight is 247 g/mol. The molecule has 0 saturated heterocycles. The third-order valence-electron chi connectivity index (χ3n) is 3.61. The van der Waals surface area contributed by atoms with Crippen LogP contribution in [0.1, 0.15) is 13.3 Å². The lowest BCUT2D eigenvalue weighted by atomic mass is 9.74. The van der Waals surface area contributed by atoms with E-state index in [2.05, 4.69) is 5.32 Å². The van der Waals surface area contributed by atoms with E-state index in [0.717, 1.165) is 0 Å². The summed E-state index contributed by atoms with van der Waals surface area (Å²) in [6.45, 7) is 1.65. The van der Waals surface area contributed by atoms with Gasteiger partial charge in [-0.1, -0.05) is 6.92 Å². The third kappa shape index (κ3) is 3.38. The van der Waals surface area contributed by atoms with E-state index >= 15 is 0 Å². The van der Waals surface area contributed by atoms with Crippen LogP contribution in [0, 0.1) is 11.8 Å². The Kier molecular flexibility index (Phi) is 5.32. The minimum Gasteiger partial charge on any atom is -0.480 e. The van der Waals surface area contributed by atoms with Gasteiger partial charge < -0.3 is 20.1 Å². The van der Waals surface area contributed by atoms with Crippen LogP contribution in [0.4, 0.5) is 0 Å². The van der Waals surface area contributed by atoms with Crippen LogP contribution < -0.4 is 5.32 Å². The van der Waals surface area contributed by atoms with Gasteiger partial charge in [-0.05, 0) is 18.3 Å². The Bertz CT molecular complexity index is 258. The molecule has 6 nitrogen and oxygen atoms in total. The fraction of sp³-hybridized carbons (Fsp3) is 0.909. The molecular formula is C11H21NO5. The van der Waals surface area contributed by atoms with Gasteiger partial charge in [0.1, 0.15) is 0 Å². The van der Waals surface area contributed by atoms with Crippen LogP contribution in [-0.2, 0) is 9.53 Å². The summed E-state index contributed by atoms with van der Waals surface area (Å²) in [4.78, 5) is 10.5. The SMILES string of the molecule is CO[C@@H]1CC(CO)[C@@H](C)[C@H](O)C1NCC(=O)O. The van der Waals surface area contributed by atoms with Crippen molar-refractivity contribution in [3.63, 3.8) is 0 Å². The molecule has 5 atom stereocenters. The molecule has 0 bridgehead atoms. The Hall–Kier alpha value is -0.690. The summed E-state index contributed by atoms with van der Waals surface area (Å²) >= 11 is 0. The normalized spacial score (nSPS) is 38.0. The molecule has 0 amide bonds. The number of aliphatic hydroxyl groups excluding tert-OH is 2. The monoisotopic (exact) mass is 247 g/mol. The maximum atomic E-state index is 10.5. The maximum Gasteiger partial charge on any atom is 0.317 e. The van der Waals surface area contributed by atoms with Crippen molar-refractivity contribution in [3.8, 4) is 0 Å². The first kappa shape index (κ1) is 14.4. The first-order chi connectivity index (χ1) is 8.01. The van der Waals surface area contributed by atoms with Crippen LogP contribution in [0.2, 0.25) is 0 Å². The molecule has 0 aromatic heterocycles. The smallest absolute Gasteiger partial charge is 0.317 e. The number of rotatable bonds is 5. The predicted molar refractivity (Wildman–Crippen MR) is 60.6 cm³/mol. The molecule has 0 aromatic rings. The number of carbonyl (C=O) groups is 1. The summed E-state index contributed by atoms with van der Waals surface area (Å²) in [5.41, 5.74) is 0. The van der Waals surface area contributed by atoms with E-state index in [4.69, 9.17) is 9.84 Å². The number of hydrogen-bond donors (Lipinski definition) is 4. The fourth-order valence-electron chi connectivity index (χ4n) is 2.43. The summed E-state index contributed by atoms with van der Waals surface area (Å²) < 4.78 is 5.26. The fourth-order valence-corrected chi connectivity index (χ4v) is 2.43. The molecule has 0 radical (unpaired) electrons. The summed E-state index contributed by atoms with van der Waals surface area (Å²) in [7, 11) is 1.53. The number of nitrogens with one attached hydrogen (secondary N) is 1. The second-order valence-corrected chi connectivity index (χ2v) is 4.60. The van der Waals surface area contributed by atoms with E-state index in [9.17, 15) is 15.0 Å². The number of carboxylic acid groups (broad SMARTS) is 1. The number of carboxylic acids is 1. The average Bonchev–Trinajstić information content (AvgIpc) is 2.30. The van der Waals surface area contributed by atoms with E-state index in [1.165, 1.54) is 7.11 Å². The second-order valence-electron chi connectivity index (χ2n) is 4.60. The van der Waals surface area contributed by atoms with Crippen molar-refractivity contribution in [1.82, 2.24) is 5.32 Å². The molecule has 4 N–H and O–H groups in total. The first-order valence-corrected chi connectivity index (χ1v) is 5.78. The Morgan fingerprint density at radius 2 is 2.18 bits per heavy atom. The number of ether oxygens (including phenoxy) is 1. The molecule has 1 rings (SSSR count). The highest BCUT2D eigenvalue weighted by molar-refractivity contribution is 5.69. The molecule has 0 aromatic carbocycles. The van der Waals surface area contributed by atoms with Crippen LogP contribution in [0.3, 0.4) is 0 Å². The van der Waals surface area contributed by atoms with Gasteiger partial charge in [0.25, 0.3) is 0 Å². The number of aliphatic hydroxyl groups is 2. The van der Waals surface area contributed by atoms with Gasteiger partial charge in [-0.2, -0.15) is 0 Å². The summed E-state index contributed by atoms with van der Waals surface area (Å²) in [5.74, 6) is -1.07. The van der Waals surface area contributed by atoms with Crippen molar-refractivity contribution < 1.29 is 24.9 Å². The lowest BCUT2D eigenvalue weighted by molar-refractivity contribution is -0.137. The number of methoxy groups -OCH3 is 1. The summed E-state index contributed by atoms with van der Waals surface area (Å²) in [6, 6.07) is -0.408. The molecule has 0 spiro atoms. The van der Waals surface area contributed by atoms with Crippen LogP contribution >= 0.6 is 0 Å². The molecular weight excluding hydrogens is 226 g/mol. The zero-order chi connectivity index (χ0) is 13.0. The number of hydrogen-bond acceptors (Lipinski definition) is 5. The minimum absolute atomic E-state index is 0.00371. The van der Waals surface area contributed by atoms with Crippen LogP contribution in [0.5, 0.6) is 0 Å². The molecule has 1 fully saturated rings. The van der Waals surface area contributed by atoms with E-state index in [1.807, 2.05) is 6.92 Å². The first-order valence-electron chi connectivity index (χ1n) is 5.78. The lowest BCUT2D eigenvalue weighted by Gasteiger charge is -2.42. The van der Waals surface area contributed by atoms with Crippen molar-refractivity contribution in [2.24, 2.45) is 11.8 Å². The van der Waals surface area contributed by atoms with Crippen molar-refractivity contribution >= 4 is 5.97 Å². The van der Waals surface area contributed by atoms with E-state index in [-0.39, 0.29) is 31.1 Å². The third-order valence-corrected chi connectivity index (χ3v) is 3.61. The molecule has 0 aliphatic heterocycles. The van der Waals surface area contributed by atoms with Gasteiger partial charge in [-0.25, -0.2) is 0 Å². The zero-order valence-corrected chi connectivity index (χ0v) is 10.2. The lowest BCUT2D eigenvalue weighted by Crippen LogP contribution is -2.58. The highest BCUT2D eigenvalue weighted by atomic mass is 16.5. The predicted octanol–water partition coefficient (Wildman–Crippen LogP) is -0.947. The Morgan fingerprint density at radius 1 is 1.53 bits per heavy atom. The molecule has 17 heavy (non-hydrogen) atoms. The molecule has 1 saturated carbocycles. The number of aliphatic carboxylic acids is 1. The molecule has 6 heteroatoms. The van der Waals surface area contributed by atoms with Gasteiger partial charge in [0.15, 0.2) is 0 Å². The Balaban J connectivity index is 2.68. The molecule has 2 unspecified atom stereocenters. The van der Waals surface area contributed by atoms with Crippen LogP contribution in [-0.4, -0.2) is 59.8 Å². The van der Waals surface area contributed by atoms with Gasteiger partial charge in [0.05, 0.1) is 24.8 Å². The quantitative estimate of drug-likeness (QED) is 0.500. The van der Waals surface area contributed by atoms with E-state index < -0.39 is 18.1 Å². The second kappa shape index (κ2) is 6.30. The highest BCUT2D eigenvalue weighted by Crippen LogP contribution is 2.31. The Labute approximate surface area is 101 Å².